The Morgan fingerprint density at radius 3 is 2.48 bits per heavy atom. The molecule has 2 aromatic carbocycles. The standard InChI is InChI=1S/C42H50F2N6O3Si/c1-22(2)54(23(3)4,24(5)6)15-13-28-31(43)12-11-26-16-27(51)17-29(35(26)28)37-36(44)38-30(18-46-37)39-40-41(47-38)53-21-34(32-10-9-14-48(32)8)50(40)42(52)33-19-45-25(7)20-49(33)39/h11-12,16-18,22-25,32-34,45,51H,9-10,14,19-21H2,1-8H3/t25-,32+,33-,34+/m1/s1. The zero-order valence-corrected chi connectivity index (χ0v) is 33.4. The minimum Gasteiger partial charge on any atom is -0.508 e. The number of phenolic OH excluding ortho intramolecular Hbond substituents is 1. The molecular weight excluding hydrogens is 703 g/mol. The zero-order valence-electron chi connectivity index (χ0n) is 32.4. The maximum absolute atomic E-state index is 17.4. The van der Waals surface area contributed by atoms with Gasteiger partial charge in [-0.15, -0.1) is 5.54 Å². The zero-order chi connectivity index (χ0) is 38.4. The first-order chi connectivity index (χ1) is 25.7. The highest BCUT2D eigenvalue weighted by molar-refractivity contribution is 6.90. The van der Waals surface area contributed by atoms with Gasteiger partial charge < -0.3 is 25.0 Å². The van der Waals surface area contributed by atoms with E-state index in [4.69, 9.17) is 14.7 Å². The number of aromatic nitrogens is 2. The van der Waals surface area contributed by atoms with Crippen LogP contribution >= 0.6 is 0 Å². The van der Waals surface area contributed by atoms with E-state index in [0.29, 0.717) is 57.2 Å². The molecule has 54 heavy (non-hydrogen) atoms. The number of likely N-dealkylation sites (N-methyl/N-ethyl adjacent to an activating group) is 1. The van der Waals surface area contributed by atoms with Crippen molar-refractivity contribution in [2.75, 3.05) is 43.1 Å². The number of ether oxygens (including phenoxy) is 1. The average Bonchev–Trinajstić information content (AvgIpc) is 3.55. The van der Waals surface area contributed by atoms with Crippen molar-refractivity contribution in [1.29, 1.82) is 0 Å². The molecule has 8 rings (SSSR count). The summed E-state index contributed by atoms with van der Waals surface area (Å²) in [5.74, 6) is 2.14. The molecule has 2 saturated heterocycles. The average molecular weight is 753 g/mol. The van der Waals surface area contributed by atoms with Gasteiger partial charge >= 0.3 is 0 Å². The summed E-state index contributed by atoms with van der Waals surface area (Å²) in [4.78, 5) is 30.2. The van der Waals surface area contributed by atoms with Crippen molar-refractivity contribution >= 4 is 47.0 Å². The van der Waals surface area contributed by atoms with Crippen LogP contribution in [0.25, 0.3) is 32.9 Å². The molecule has 2 N–H and O–H groups in total. The van der Waals surface area contributed by atoms with Crippen LogP contribution < -0.4 is 19.9 Å². The van der Waals surface area contributed by atoms with E-state index in [1.807, 2.05) is 4.90 Å². The SMILES string of the molecule is CC(C)[Si](C#Cc1c(F)ccc2cc(O)cc(-c3ncc4c5c6c(nc4c3F)OC[C@@H]([C@@H]3CCCN3C)N6C(=O)[C@H]3CN[C@H](C)CN53)c12)(C(C)C)C(C)C. The molecule has 0 aliphatic carbocycles. The second-order valence-corrected chi connectivity index (χ2v) is 22.3. The minimum atomic E-state index is -2.27. The van der Waals surface area contributed by atoms with Gasteiger partial charge in [0.1, 0.15) is 49.2 Å². The number of anilines is 2. The molecule has 0 bridgehead atoms. The fraction of sp³-hybridized carbons (Fsp3) is 0.500. The number of amides is 1. The Hall–Kier alpha value is -4.31. The number of nitrogens with one attached hydrogen (secondary N) is 1. The van der Waals surface area contributed by atoms with Crippen molar-refractivity contribution in [2.45, 2.75) is 102 Å². The first-order valence-corrected chi connectivity index (χ1v) is 21.6. The molecule has 0 saturated carbocycles. The summed E-state index contributed by atoms with van der Waals surface area (Å²) in [6.45, 7) is 17.4. The van der Waals surface area contributed by atoms with E-state index in [0.717, 1.165) is 19.4 Å². The largest absolute Gasteiger partial charge is 0.508 e. The molecule has 6 heterocycles. The number of piperazine rings is 1. The number of fused-ring (bicyclic) bond motifs is 5. The molecule has 12 heteroatoms. The fourth-order valence-electron chi connectivity index (χ4n) is 10.2. The minimum absolute atomic E-state index is 0.00988. The monoisotopic (exact) mass is 752 g/mol. The number of carbonyl (C=O) groups is 1. The highest BCUT2D eigenvalue weighted by Crippen LogP contribution is 2.51. The number of aromatic hydroxyl groups is 1. The molecule has 0 spiro atoms. The molecule has 4 aliphatic heterocycles. The Kier molecular flexibility index (Phi) is 9.14. The normalized spacial score (nSPS) is 22.9. The highest BCUT2D eigenvalue weighted by atomic mass is 28.3. The number of hydrogen-bond acceptors (Lipinski definition) is 8. The maximum Gasteiger partial charge on any atom is 0.251 e. The Bertz CT molecular complexity index is 2230. The van der Waals surface area contributed by atoms with Crippen molar-refractivity contribution in [3.05, 3.63) is 47.7 Å². The molecule has 4 aromatic rings. The number of likely N-dealkylation sites (tertiary alicyclic amines) is 1. The Labute approximate surface area is 317 Å². The van der Waals surface area contributed by atoms with Crippen LogP contribution in [0.5, 0.6) is 11.6 Å². The van der Waals surface area contributed by atoms with Crippen LogP contribution in [0.2, 0.25) is 16.6 Å². The van der Waals surface area contributed by atoms with Crippen LogP contribution in [-0.4, -0.2) is 91.4 Å². The fourth-order valence-corrected chi connectivity index (χ4v) is 15.4. The van der Waals surface area contributed by atoms with Crippen molar-refractivity contribution in [1.82, 2.24) is 20.2 Å². The lowest BCUT2D eigenvalue weighted by Crippen LogP contribution is -2.68. The van der Waals surface area contributed by atoms with Gasteiger partial charge in [0, 0.05) is 47.7 Å². The number of halogens is 2. The number of nitrogens with zero attached hydrogens (tertiary/aromatic N) is 5. The summed E-state index contributed by atoms with van der Waals surface area (Å²) in [6, 6.07) is 5.41. The van der Waals surface area contributed by atoms with Gasteiger partial charge in [-0.25, -0.2) is 13.8 Å². The van der Waals surface area contributed by atoms with Crippen molar-refractivity contribution in [2.24, 2.45) is 0 Å². The van der Waals surface area contributed by atoms with Gasteiger partial charge in [0.25, 0.3) is 5.91 Å². The first kappa shape index (κ1) is 36.7. The lowest BCUT2D eigenvalue weighted by molar-refractivity contribution is -0.121. The number of phenols is 1. The van der Waals surface area contributed by atoms with Crippen LogP contribution in [0.15, 0.2) is 30.5 Å². The summed E-state index contributed by atoms with van der Waals surface area (Å²) in [5, 5.41) is 15.8. The third-order valence-electron chi connectivity index (χ3n) is 12.8. The molecule has 0 unspecified atom stereocenters. The maximum atomic E-state index is 17.4. The van der Waals surface area contributed by atoms with Crippen molar-refractivity contribution < 1.29 is 23.4 Å². The lowest BCUT2D eigenvalue weighted by Gasteiger charge is -2.52. The Morgan fingerprint density at radius 2 is 1.80 bits per heavy atom. The van der Waals surface area contributed by atoms with E-state index in [1.165, 1.54) is 12.1 Å². The van der Waals surface area contributed by atoms with Gasteiger partial charge in [0.15, 0.2) is 5.82 Å². The first-order valence-electron chi connectivity index (χ1n) is 19.4. The van der Waals surface area contributed by atoms with Crippen LogP contribution in [0, 0.1) is 23.1 Å². The second-order valence-electron chi connectivity index (χ2n) is 16.7. The number of hydrogen-bond donors (Lipinski definition) is 2. The predicted octanol–water partition coefficient (Wildman–Crippen LogP) is 7.37. The lowest BCUT2D eigenvalue weighted by atomic mass is 9.93. The van der Waals surface area contributed by atoms with Gasteiger partial charge in [0.2, 0.25) is 5.88 Å². The van der Waals surface area contributed by atoms with Crippen molar-refractivity contribution in [3.63, 3.8) is 0 Å². The molecule has 9 nitrogen and oxygen atoms in total. The summed E-state index contributed by atoms with van der Waals surface area (Å²) < 4.78 is 39.8. The summed E-state index contributed by atoms with van der Waals surface area (Å²) >= 11 is 0. The third kappa shape index (κ3) is 5.48. The number of benzene rings is 2. The Balaban J connectivity index is 1.36. The Morgan fingerprint density at radius 1 is 1.06 bits per heavy atom. The van der Waals surface area contributed by atoms with Crippen LogP contribution in [0.1, 0.15) is 66.9 Å². The topological polar surface area (TPSA) is 94.1 Å². The second kappa shape index (κ2) is 13.5. The quantitative estimate of drug-likeness (QED) is 0.161. The van der Waals surface area contributed by atoms with E-state index < -0.39 is 25.8 Å². The molecule has 0 radical (unpaired) electrons. The van der Waals surface area contributed by atoms with Gasteiger partial charge in [-0.05, 0) is 73.6 Å². The summed E-state index contributed by atoms with van der Waals surface area (Å²) in [5.41, 5.74) is 6.21. The highest BCUT2D eigenvalue weighted by Gasteiger charge is 2.51. The molecule has 2 fully saturated rings. The molecule has 4 atom stereocenters. The molecule has 2 aromatic heterocycles. The third-order valence-corrected chi connectivity index (χ3v) is 19.1. The summed E-state index contributed by atoms with van der Waals surface area (Å²) in [6.07, 6.45) is 3.59. The van der Waals surface area contributed by atoms with E-state index in [1.54, 1.807) is 18.3 Å². The number of rotatable bonds is 5. The predicted molar refractivity (Wildman–Crippen MR) is 213 cm³/mol. The summed E-state index contributed by atoms with van der Waals surface area (Å²) in [7, 11) is -0.186. The van der Waals surface area contributed by atoms with Gasteiger partial charge in [-0.2, -0.15) is 0 Å². The van der Waals surface area contributed by atoms with E-state index in [2.05, 4.69) is 82.1 Å². The van der Waals surface area contributed by atoms with Gasteiger partial charge in [0.05, 0.1) is 17.3 Å². The van der Waals surface area contributed by atoms with E-state index in [9.17, 15) is 9.90 Å². The molecular formula is C42H50F2N6O3Si. The van der Waals surface area contributed by atoms with E-state index >= 15 is 8.78 Å². The van der Waals surface area contributed by atoms with Crippen molar-refractivity contribution in [3.8, 4) is 34.4 Å². The number of pyridine rings is 2. The smallest absolute Gasteiger partial charge is 0.251 e. The van der Waals surface area contributed by atoms with Gasteiger partial charge in [-0.1, -0.05) is 53.5 Å². The van der Waals surface area contributed by atoms with Gasteiger partial charge in [-0.3, -0.25) is 14.7 Å². The molecule has 1 amide bonds. The molecule has 284 valence electrons. The van der Waals surface area contributed by atoms with E-state index in [-0.39, 0.29) is 64.6 Å². The van der Waals surface area contributed by atoms with Crippen LogP contribution in [-0.2, 0) is 4.79 Å². The van der Waals surface area contributed by atoms with Crippen LogP contribution in [0.3, 0.4) is 0 Å². The number of carbonyl (C=O) groups excluding carboxylic acids is 1. The molecule has 4 aliphatic rings. The van der Waals surface area contributed by atoms with Crippen LogP contribution in [0.4, 0.5) is 20.2 Å².